The number of nitrogen functional groups attached to an aromatic ring is 1. The first-order valence-corrected chi connectivity index (χ1v) is 8.16. The number of fused-ring (bicyclic) bond motifs is 1. The average Bonchev–Trinajstić information content (AvgIpc) is 2.58. The van der Waals surface area contributed by atoms with E-state index < -0.39 is 0 Å². The number of hydrogen-bond donors (Lipinski definition) is 3. The fourth-order valence-corrected chi connectivity index (χ4v) is 2.51. The Hall–Kier alpha value is -2.89. The molecule has 2 heterocycles. The first-order chi connectivity index (χ1) is 11.7. The Morgan fingerprint density at radius 2 is 1.92 bits per heavy atom. The van der Waals surface area contributed by atoms with Gasteiger partial charge in [0.05, 0.1) is 5.52 Å². The van der Waals surface area contributed by atoms with Gasteiger partial charge in [0.1, 0.15) is 12.0 Å². The highest BCUT2D eigenvalue weighted by atomic mass is 15.1. The van der Waals surface area contributed by atoms with E-state index in [1.54, 1.807) is 0 Å². The summed E-state index contributed by atoms with van der Waals surface area (Å²) < 4.78 is 0. The van der Waals surface area contributed by atoms with Gasteiger partial charge in [-0.3, -0.25) is 4.98 Å². The van der Waals surface area contributed by atoms with Crippen molar-refractivity contribution >= 4 is 33.9 Å². The number of nitrogens with zero attached hydrogens (tertiary/aromatic N) is 3. The van der Waals surface area contributed by atoms with E-state index in [1.165, 1.54) is 6.33 Å². The third kappa shape index (κ3) is 3.37. The first kappa shape index (κ1) is 16.0. The molecule has 3 aromatic rings. The van der Waals surface area contributed by atoms with E-state index >= 15 is 0 Å². The number of rotatable bonds is 6. The SMILES string of the molecule is CCCCNc1ncnc(Nc2cccc3nc(C)ccc23)c1N. The largest absolute Gasteiger partial charge is 0.393 e. The molecular formula is C18H22N6. The standard InChI is InChI=1S/C18H22N6/c1-3-4-10-20-17-16(19)18(22-11-21-17)24-15-7-5-6-14-13(15)9-8-12(2)23-14/h5-9,11H,3-4,10,19H2,1-2H3,(H2,20,21,22,24). The van der Waals surface area contributed by atoms with Gasteiger partial charge in [-0.15, -0.1) is 0 Å². The van der Waals surface area contributed by atoms with Gasteiger partial charge in [0.25, 0.3) is 0 Å². The third-order valence-electron chi connectivity index (χ3n) is 3.83. The summed E-state index contributed by atoms with van der Waals surface area (Å²) in [6.45, 7) is 4.97. The Balaban J connectivity index is 1.90. The number of hydrogen-bond acceptors (Lipinski definition) is 6. The van der Waals surface area contributed by atoms with Crippen LogP contribution in [0.3, 0.4) is 0 Å². The fourth-order valence-electron chi connectivity index (χ4n) is 2.51. The van der Waals surface area contributed by atoms with Gasteiger partial charge < -0.3 is 16.4 Å². The summed E-state index contributed by atoms with van der Waals surface area (Å²) in [5, 5.41) is 7.59. The lowest BCUT2D eigenvalue weighted by atomic mass is 10.1. The van der Waals surface area contributed by atoms with Crippen molar-refractivity contribution in [3.63, 3.8) is 0 Å². The van der Waals surface area contributed by atoms with Crippen LogP contribution in [0.4, 0.5) is 23.0 Å². The van der Waals surface area contributed by atoms with Crippen molar-refractivity contribution in [3.8, 4) is 0 Å². The number of unbranched alkanes of at least 4 members (excludes halogenated alkanes) is 1. The molecular weight excluding hydrogens is 300 g/mol. The molecule has 0 fully saturated rings. The third-order valence-corrected chi connectivity index (χ3v) is 3.83. The summed E-state index contributed by atoms with van der Waals surface area (Å²) >= 11 is 0. The molecule has 4 N–H and O–H groups in total. The van der Waals surface area contributed by atoms with E-state index in [2.05, 4.69) is 38.6 Å². The quantitative estimate of drug-likeness (QED) is 0.597. The molecule has 6 nitrogen and oxygen atoms in total. The van der Waals surface area contributed by atoms with Gasteiger partial charge in [-0.1, -0.05) is 19.4 Å². The average molecular weight is 322 g/mol. The Morgan fingerprint density at radius 3 is 2.75 bits per heavy atom. The highest BCUT2D eigenvalue weighted by Gasteiger charge is 2.10. The van der Waals surface area contributed by atoms with Crippen LogP contribution in [0.1, 0.15) is 25.5 Å². The lowest BCUT2D eigenvalue weighted by Gasteiger charge is -2.13. The van der Waals surface area contributed by atoms with Gasteiger partial charge in [0.2, 0.25) is 0 Å². The summed E-state index contributed by atoms with van der Waals surface area (Å²) in [7, 11) is 0. The van der Waals surface area contributed by atoms with E-state index in [4.69, 9.17) is 5.73 Å². The van der Waals surface area contributed by atoms with Crippen LogP contribution in [0.15, 0.2) is 36.7 Å². The normalized spacial score (nSPS) is 10.8. The molecule has 6 heteroatoms. The summed E-state index contributed by atoms with van der Waals surface area (Å²) in [6, 6.07) is 10.0. The van der Waals surface area contributed by atoms with Gasteiger partial charge >= 0.3 is 0 Å². The molecule has 0 unspecified atom stereocenters. The minimum absolute atomic E-state index is 0.519. The molecule has 0 aliphatic carbocycles. The van der Waals surface area contributed by atoms with Crippen LogP contribution in [-0.4, -0.2) is 21.5 Å². The van der Waals surface area contributed by atoms with E-state index in [1.807, 2.05) is 31.2 Å². The Kier molecular flexibility index (Phi) is 4.74. The van der Waals surface area contributed by atoms with E-state index in [0.29, 0.717) is 17.3 Å². The van der Waals surface area contributed by atoms with Crippen molar-refractivity contribution in [1.82, 2.24) is 15.0 Å². The van der Waals surface area contributed by atoms with Crippen LogP contribution in [0.5, 0.6) is 0 Å². The smallest absolute Gasteiger partial charge is 0.159 e. The van der Waals surface area contributed by atoms with Crippen molar-refractivity contribution in [2.45, 2.75) is 26.7 Å². The van der Waals surface area contributed by atoms with Gasteiger partial charge in [-0.25, -0.2) is 9.97 Å². The lowest BCUT2D eigenvalue weighted by Crippen LogP contribution is -2.09. The molecule has 24 heavy (non-hydrogen) atoms. The topological polar surface area (TPSA) is 88.8 Å². The van der Waals surface area contributed by atoms with Crippen LogP contribution in [-0.2, 0) is 0 Å². The Bertz CT molecular complexity index is 846. The van der Waals surface area contributed by atoms with E-state index in [0.717, 1.165) is 41.7 Å². The summed E-state index contributed by atoms with van der Waals surface area (Å²) in [5.74, 6) is 1.26. The molecule has 0 spiro atoms. The van der Waals surface area contributed by atoms with Crippen LogP contribution in [0, 0.1) is 6.92 Å². The number of benzene rings is 1. The van der Waals surface area contributed by atoms with Crippen LogP contribution < -0.4 is 16.4 Å². The molecule has 0 aliphatic heterocycles. The maximum absolute atomic E-state index is 6.22. The number of anilines is 4. The summed E-state index contributed by atoms with van der Waals surface area (Å²) in [6.07, 6.45) is 3.70. The van der Waals surface area contributed by atoms with Crippen molar-refractivity contribution < 1.29 is 0 Å². The van der Waals surface area contributed by atoms with Crippen LogP contribution in [0.25, 0.3) is 10.9 Å². The van der Waals surface area contributed by atoms with Crippen LogP contribution in [0.2, 0.25) is 0 Å². The van der Waals surface area contributed by atoms with Crippen molar-refractivity contribution in [2.24, 2.45) is 0 Å². The van der Waals surface area contributed by atoms with Gasteiger partial charge in [0.15, 0.2) is 11.6 Å². The predicted molar refractivity (Wildman–Crippen MR) is 99.6 cm³/mol. The highest BCUT2D eigenvalue weighted by Crippen LogP contribution is 2.29. The number of aryl methyl sites for hydroxylation is 1. The molecule has 0 amide bonds. The summed E-state index contributed by atoms with van der Waals surface area (Å²) in [4.78, 5) is 13.1. The van der Waals surface area contributed by atoms with Crippen molar-refractivity contribution in [1.29, 1.82) is 0 Å². The second kappa shape index (κ2) is 7.12. The van der Waals surface area contributed by atoms with E-state index in [9.17, 15) is 0 Å². The van der Waals surface area contributed by atoms with Gasteiger partial charge in [-0.2, -0.15) is 0 Å². The molecule has 0 saturated carbocycles. The van der Waals surface area contributed by atoms with Crippen molar-refractivity contribution in [3.05, 3.63) is 42.4 Å². The summed E-state index contributed by atoms with van der Waals surface area (Å²) in [5.41, 5.74) is 9.58. The first-order valence-electron chi connectivity index (χ1n) is 8.16. The number of pyridine rings is 1. The van der Waals surface area contributed by atoms with Gasteiger partial charge in [0, 0.05) is 23.3 Å². The van der Waals surface area contributed by atoms with E-state index in [-0.39, 0.29) is 0 Å². The fraction of sp³-hybridized carbons (Fsp3) is 0.278. The molecule has 0 atom stereocenters. The van der Waals surface area contributed by atoms with Crippen LogP contribution >= 0.6 is 0 Å². The van der Waals surface area contributed by atoms with Crippen molar-refractivity contribution in [2.75, 3.05) is 22.9 Å². The maximum atomic E-state index is 6.22. The highest BCUT2D eigenvalue weighted by molar-refractivity contribution is 5.94. The minimum Gasteiger partial charge on any atom is -0.393 e. The zero-order chi connectivity index (χ0) is 16.9. The molecule has 3 rings (SSSR count). The lowest BCUT2D eigenvalue weighted by molar-refractivity contribution is 0.831. The Morgan fingerprint density at radius 1 is 1.08 bits per heavy atom. The zero-order valence-electron chi connectivity index (χ0n) is 14.0. The molecule has 0 radical (unpaired) electrons. The molecule has 0 aliphatic rings. The van der Waals surface area contributed by atoms with Gasteiger partial charge in [-0.05, 0) is 37.6 Å². The second-order valence-electron chi connectivity index (χ2n) is 5.71. The molecule has 0 saturated heterocycles. The maximum Gasteiger partial charge on any atom is 0.159 e. The monoisotopic (exact) mass is 322 g/mol. The zero-order valence-corrected chi connectivity index (χ0v) is 14.0. The minimum atomic E-state index is 0.519. The molecule has 1 aromatic carbocycles. The molecule has 2 aromatic heterocycles. The molecule has 124 valence electrons. The number of aromatic nitrogens is 3. The number of nitrogens with one attached hydrogen (secondary N) is 2. The Labute approximate surface area is 141 Å². The number of nitrogens with two attached hydrogens (primary N) is 1. The predicted octanol–water partition coefficient (Wildman–Crippen LogP) is 3.87. The second-order valence-corrected chi connectivity index (χ2v) is 5.71. The molecule has 0 bridgehead atoms.